The zero-order chi connectivity index (χ0) is 14.6. The van der Waals surface area contributed by atoms with Crippen LogP contribution in [0.3, 0.4) is 0 Å². The van der Waals surface area contributed by atoms with Gasteiger partial charge in [-0.1, -0.05) is 0 Å². The first-order valence-corrected chi connectivity index (χ1v) is 7.02. The first kappa shape index (κ1) is 16.0. The fourth-order valence-electron chi connectivity index (χ4n) is 2.65. The number of piperidine rings is 1. The number of nitrogens with zero attached hydrogens (tertiary/aromatic N) is 3. The van der Waals surface area contributed by atoms with Gasteiger partial charge in [0.15, 0.2) is 0 Å². The van der Waals surface area contributed by atoms with Crippen LogP contribution in [0, 0.1) is 0 Å². The minimum atomic E-state index is 0.0232. The van der Waals surface area contributed by atoms with Crippen LogP contribution in [0.15, 0.2) is 0 Å². The molecule has 2 atom stereocenters. The topological polar surface area (TPSA) is 43.9 Å². The van der Waals surface area contributed by atoms with Gasteiger partial charge < -0.3 is 9.80 Å². The fourth-order valence-corrected chi connectivity index (χ4v) is 2.65. The van der Waals surface area contributed by atoms with Crippen LogP contribution < -0.4 is 0 Å². The number of hydrogen-bond donors (Lipinski definition) is 0. The Morgan fingerprint density at radius 1 is 1.05 bits per heavy atom. The quantitative estimate of drug-likeness (QED) is 0.758. The van der Waals surface area contributed by atoms with Gasteiger partial charge in [0.25, 0.3) is 0 Å². The molecule has 0 bridgehead atoms. The number of hydrogen-bond acceptors (Lipinski definition) is 3. The van der Waals surface area contributed by atoms with Crippen molar-refractivity contribution in [2.75, 3.05) is 34.2 Å². The molecule has 1 rings (SSSR count). The minimum absolute atomic E-state index is 0.0232. The molecule has 1 fully saturated rings. The number of amides is 2. The van der Waals surface area contributed by atoms with Gasteiger partial charge in [-0.15, -0.1) is 0 Å². The van der Waals surface area contributed by atoms with Gasteiger partial charge in [-0.2, -0.15) is 0 Å². The van der Waals surface area contributed by atoms with E-state index in [9.17, 15) is 9.59 Å². The highest BCUT2D eigenvalue weighted by atomic mass is 16.2. The molecule has 0 saturated carbocycles. The normalized spacial score (nSPS) is 23.6. The van der Waals surface area contributed by atoms with Crippen LogP contribution in [0.5, 0.6) is 0 Å². The number of carbonyl (C=O) groups excluding carboxylic acids is 2. The zero-order valence-electron chi connectivity index (χ0n) is 12.8. The van der Waals surface area contributed by atoms with Gasteiger partial charge in [-0.3, -0.25) is 14.5 Å². The summed E-state index contributed by atoms with van der Waals surface area (Å²) in [5.74, 6) is 0.156. The first-order valence-electron chi connectivity index (χ1n) is 7.02. The maximum absolute atomic E-state index is 12.3. The highest BCUT2D eigenvalue weighted by Gasteiger charge is 2.29. The Bertz CT molecular complexity index is 321. The van der Waals surface area contributed by atoms with Crippen molar-refractivity contribution >= 4 is 11.8 Å². The largest absolute Gasteiger partial charge is 0.348 e. The van der Waals surface area contributed by atoms with Gasteiger partial charge in [0.1, 0.15) is 0 Å². The van der Waals surface area contributed by atoms with Gasteiger partial charge in [0.05, 0.1) is 13.1 Å². The Morgan fingerprint density at radius 3 is 2.05 bits per heavy atom. The van der Waals surface area contributed by atoms with Crippen LogP contribution in [0.1, 0.15) is 33.1 Å². The predicted octanol–water partition coefficient (Wildman–Crippen LogP) is 0.796. The number of likely N-dealkylation sites (tertiary alicyclic amines) is 1. The van der Waals surface area contributed by atoms with Crippen LogP contribution in [0.2, 0.25) is 0 Å². The first-order chi connectivity index (χ1) is 8.82. The summed E-state index contributed by atoms with van der Waals surface area (Å²) >= 11 is 0. The Balaban J connectivity index is 2.51. The zero-order valence-corrected chi connectivity index (χ0v) is 12.8. The molecular weight excluding hydrogens is 242 g/mol. The summed E-state index contributed by atoms with van der Waals surface area (Å²) in [7, 11) is 5.28. The van der Waals surface area contributed by atoms with Crippen molar-refractivity contribution in [3.63, 3.8) is 0 Å². The lowest BCUT2D eigenvalue weighted by Crippen LogP contribution is -2.51. The standard InChI is InChI=1S/C14H27N3O2/c1-11-7-6-8-12(2)17(11)14(19)10-16(5)9-13(18)15(3)4/h11-12H,6-10H2,1-5H3. The lowest BCUT2D eigenvalue weighted by atomic mass is 9.97. The average Bonchev–Trinajstić information content (AvgIpc) is 2.27. The minimum Gasteiger partial charge on any atom is -0.348 e. The summed E-state index contributed by atoms with van der Waals surface area (Å²) in [4.78, 5) is 29.3. The van der Waals surface area contributed by atoms with Gasteiger partial charge in [-0.05, 0) is 40.2 Å². The van der Waals surface area contributed by atoms with Crippen molar-refractivity contribution in [2.24, 2.45) is 0 Å². The SMILES string of the molecule is CC1CCCC(C)N1C(=O)CN(C)CC(=O)N(C)C. The van der Waals surface area contributed by atoms with Crippen molar-refractivity contribution in [3.8, 4) is 0 Å². The van der Waals surface area contributed by atoms with Gasteiger partial charge in [0.2, 0.25) is 11.8 Å². The molecule has 1 aliphatic rings. The summed E-state index contributed by atoms with van der Waals surface area (Å²) in [6, 6.07) is 0.628. The maximum atomic E-state index is 12.3. The number of carbonyl (C=O) groups is 2. The van der Waals surface area contributed by atoms with Crippen molar-refractivity contribution < 1.29 is 9.59 Å². The van der Waals surface area contributed by atoms with E-state index >= 15 is 0 Å². The van der Waals surface area contributed by atoms with E-state index in [4.69, 9.17) is 0 Å². The molecule has 19 heavy (non-hydrogen) atoms. The fraction of sp³-hybridized carbons (Fsp3) is 0.857. The Labute approximate surface area is 116 Å². The van der Waals surface area contributed by atoms with Crippen LogP contribution in [-0.4, -0.2) is 72.8 Å². The third kappa shape index (κ3) is 4.49. The second kappa shape index (κ2) is 6.89. The molecule has 1 saturated heterocycles. The summed E-state index contributed by atoms with van der Waals surface area (Å²) in [6.07, 6.45) is 3.36. The molecule has 1 aliphatic heterocycles. The molecule has 5 nitrogen and oxygen atoms in total. The lowest BCUT2D eigenvalue weighted by Gasteiger charge is -2.39. The van der Waals surface area contributed by atoms with Crippen LogP contribution in [0.25, 0.3) is 0 Å². The molecule has 2 amide bonds. The molecule has 0 N–H and O–H groups in total. The Hall–Kier alpha value is -1.10. The number of rotatable bonds is 4. The summed E-state index contributed by atoms with van der Waals surface area (Å²) in [5.41, 5.74) is 0. The molecule has 0 aromatic rings. The molecule has 110 valence electrons. The third-order valence-electron chi connectivity index (χ3n) is 3.79. The summed E-state index contributed by atoms with van der Waals surface area (Å²) < 4.78 is 0. The van der Waals surface area contributed by atoms with Gasteiger partial charge in [-0.25, -0.2) is 0 Å². The van der Waals surface area contributed by atoms with Gasteiger partial charge >= 0.3 is 0 Å². The van der Waals surface area contributed by atoms with Crippen LogP contribution >= 0.6 is 0 Å². The second-order valence-electron chi connectivity index (χ2n) is 5.89. The molecular formula is C14H27N3O2. The highest BCUT2D eigenvalue weighted by Crippen LogP contribution is 2.22. The maximum Gasteiger partial charge on any atom is 0.237 e. The monoisotopic (exact) mass is 269 g/mol. The Kier molecular flexibility index (Phi) is 5.79. The predicted molar refractivity (Wildman–Crippen MR) is 75.8 cm³/mol. The molecule has 0 radical (unpaired) electrons. The average molecular weight is 269 g/mol. The van der Waals surface area contributed by atoms with E-state index in [-0.39, 0.29) is 18.4 Å². The molecule has 1 heterocycles. The van der Waals surface area contributed by atoms with E-state index < -0.39 is 0 Å². The van der Waals surface area contributed by atoms with Gasteiger partial charge in [0, 0.05) is 26.2 Å². The van der Waals surface area contributed by atoms with E-state index in [2.05, 4.69) is 13.8 Å². The molecule has 2 unspecified atom stereocenters. The highest BCUT2D eigenvalue weighted by molar-refractivity contribution is 5.81. The van der Waals surface area contributed by atoms with Crippen LogP contribution in [-0.2, 0) is 9.59 Å². The molecule has 5 heteroatoms. The van der Waals surface area contributed by atoms with Crippen molar-refractivity contribution in [2.45, 2.75) is 45.2 Å². The molecule has 0 aromatic carbocycles. The van der Waals surface area contributed by atoms with E-state index in [1.165, 1.54) is 6.42 Å². The van der Waals surface area contributed by atoms with Crippen molar-refractivity contribution in [1.29, 1.82) is 0 Å². The smallest absolute Gasteiger partial charge is 0.237 e. The lowest BCUT2D eigenvalue weighted by molar-refractivity contribution is -0.139. The van der Waals surface area contributed by atoms with E-state index in [1.807, 2.05) is 11.9 Å². The third-order valence-corrected chi connectivity index (χ3v) is 3.79. The molecule has 0 aromatic heterocycles. The van der Waals surface area contributed by atoms with E-state index in [0.717, 1.165) is 12.8 Å². The van der Waals surface area contributed by atoms with Crippen molar-refractivity contribution in [1.82, 2.24) is 14.7 Å². The summed E-state index contributed by atoms with van der Waals surface area (Å²) in [6.45, 7) is 4.82. The van der Waals surface area contributed by atoms with Crippen molar-refractivity contribution in [3.05, 3.63) is 0 Å². The Morgan fingerprint density at radius 2 is 1.58 bits per heavy atom. The van der Waals surface area contributed by atoms with E-state index in [0.29, 0.717) is 18.6 Å². The van der Waals surface area contributed by atoms with E-state index in [1.54, 1.807) is 23.9 Å². The molecule has 0 aliphatic carbocycles. The molecule has 0 spiro atoms. The number of likely N-dealkylation sites (N-methyl/N-ethyl adjacent to an activating group) is 2. The second-order valence-corrected chi connectivity index (χ2v) is 5.89. The van der Waals surface area contributed by atoms with Crippen LogP contribution in [0.4, 0.5) is 0 Å². The summed E-state index contributed by atoms with van der Waals surface area (Å²) in [5, 5.41) is 0.